The zero-order chi connectivity index (χ0) is 15.5. The average Bonchev–Trinajstić information content (AvgIpc) is 2.51. The van der Waals surface area contributed by atoms with Gasteiger partial charge in [0, 0.05) is 32.4 Å². The van der Waals surface area contributed by atoms with Gasteiger partial charge in [-0.15, -0.1) is 24.0 Å². The summed E-state index contributed by atoms with van der Waals surface area (Å²) in [4.78, 5) is 6.54. The van der Waals surface area contributed by atoms with Gasteiger partial charge in [-0.2, -0.15) is 11.8 Å². The number of hydrogen-bond acceptors (Lipinski definition) is 3. The number of rotatable bonds is 8. The largest absolute Gasteiger partial charge is 0.356 e. The summed E-state index contributed by atoms with van der Waals surface area (Å²) in [6, 6.07) is 8.72. The van der Waals surface area contributed by atoms with E-state index in [1.165, 1.54) is 11.1 Å². The summed E-state index contributed by atoms with van der Waals surface area (Å²) >= 11 is 1.83. The SMILES string of the molecule is CCN(C)Cc1cccc(CNC(=NC)NCCSC)c1.I. The van der Waals surface area contributed by atoms with Gasteiger partial charge in [0.1, 0.15) is 0 Å². The highest BCUT2D eigenvalue weighted by Crippen LogP contribution is 2.07. The molecule has 0 fully saturated rings. The third-order valence-corrected chi connectivity index (χ3v) is 3.88. The lowest BCUT2D eigenvalue weighted by Gasteiger charge is -2.15. The van der Waals surface area contributed by atoms with Crippen molar-refractivity contribution in [1.29, 1.82) is 0 Å². The lowest BCUT2D eigenvalue weighted by atomic mass is 10.1. The van der Waals surface area contributed by atoms with Gasteiger partial charge in [0.2, 0.25) is 0 Å². The minimum Gasteiger partial charge on any atom is -0.356 e. The second-order valence-corrected chi connectivity index (χ2v) is 5.98. The van der Waals surface area contributed by atoms with Crippen LogP contribution >= 0.6 is 35.7 Å². The van der Waals surface area contributed by atoms with Crippen LogP contribution in [0.25, 0.3) is 0 Å². The fourth-order valence-corrected chi connectivity index (χ4v) is 2.25. The molecule has 0 aliphatic rings. The van der Waals surface area contributed by atoms with Crippen molar-refractivity contribution < 1.29 is 0 Å². The predicted octanol–water partition coefficient (Wildman–Crippen LogP) is 2.78. The molecule has 0 spiro atoms. The molecule has 0 aliphatic heterocycles. The molecule has 0 radical (unpaired) electrons. The third-order valence-electron chi connectivity index (χ3n) is 3.27. The molecule has 0 heterocycles. The van der Waals surface area contributed by atoms with Crippen molar-refractivity contribution in [3.05, 3.63) is 35.4 Å². The molecule has 0 aromatic heterocycles. The van der Waals surface area contributed by atoms with Gasteiger partial charge >= 0.3 is 0 Å². The fourth-order valence-electron chi connectivity index (χ4n) is 1.94. The van der Waals surface area contributed by atoms with Gasteiger partial charge < -0.3 is 15.5 Å². The van der Waals surface area contributed by atoms with Gasteiger partial charge in [-0.05, 0) is 31.0 Å². The predicted molar refractivity (Wildman–Crippen MR) is 110 cm³/mol. The summed E-state index contributed by atoms with van der Waals surface area (Å²) in [6.07, 6.45) is 2.11. The number of benzene rings is 1. The standard InChI is InChI=1S/C16H28N4S.HI/c1-5-20(3)13-15-8-6-7-14(11-15)12-19-16(17-2)18-9-10-21-4;/h6-8,11H,5,9-10,12-13H2,1-4H3,(H2,17,18,19);1H. The fraction of sp³-hybridized carbons (Fsp3) is 0.562. The van der Waals surface area contributed by atoms with Crippen molar-refractivity contribution >= 4 is 41.7 Å². The lowest BCUT2D eigenvalue weighted by molar-refractivity contribution is 0.345. The molecule has 1 aromatic rings. The average molecular weight is 436 g/mol. The molecule has 4 nitrogen and oxygen atoms in total. The molecule has 126 valence electrons. The van der Waals surface area contributed by atoms with Gasteiger partial charge in [0.15, 0.2) is 5.96 Å². The van der Waals surface area contributed by atoms with Crippen LogP contribution in [0.2, 0.25) is 0 Å². The Labute approximate surface area is 156 Å². The van der Waals surface area contributed by atoms with E-state index in [9.17, 15) is 0 Å². The van der Waals surface area contributed by atoms with Crippen LogP contribution in [-0.2, 0) is 13.1 Å². The Morgan fingerprint density at radius 2 is 2.00 bits per heavy atom. The molecule has 22 heavy (non-hydrogen) atoms. The van der Waals surface area contributed by atoms with E-state index in [-0.39, 0.29) is 24.0 Å². The molecule has 0 atom stereocenters. The summed E-state index contributed by atoms with van der Waals surface area (Å²) < 4.78 is 0. The maximum Gasteiger partial charge on any atom is 0.191 e. The quantitative estimate of drug-likeness (QED) is 0.285. The number of guanidine groups is 1. The van der Waals surface area contributed by atoms with Crippen LogP contribution < -0.4 is 10.6 Å². The Morgan fingerprint density at radius 1 is 1.27 bits per heavy atom. The highest BCUT2D eigenvalue weighted by molar-refractivity contribution is 14.0. The smallest absolute Gasteiger partial charge is 0.191 e. The first-order chi connectivity index (χ1) is 10.2. The van der Waals surface area contributed by atoms with Crippen molar-refractivity contribution in [3.8, 4) is 0 Å². The van der Waals surface area contributed by atoms with E-state index in [1.807, 2.05) is 11.8 Å². The van der Waals surface area contributed by atoms with Gasteiger partial charge in [0.05, 0.1) is 0 Å². The van der Waals surface area contributed by atoms with E-state index in [0.29, 0.717) is 0 Å². The Kier molecular flexibility index (Phi) is 12.7. The molecule has 0 unspecified atom stereocenters. The molecule has 0 bridgehead atoms. The molecule has 0 saturated heterocycles. The molecular weight excluding hydrogens is 407 g/mol. The van der Waals surface area contributed by atoms with Crippen LogP contribution in [0, 0.1) is 0 Å². The van der Waals surface area contributed by atoms with E-state index in [2.05, 4.69) is 65.0 Å². The van der Waals surface area contributed by atoms with E-state index in [0.717, 1.165) is 37.9 Å². The lowest BCUT2D eigenvalue weighted by Crippen LogP contribution is -2.37. The van der Waals surface area contributed by atoms with E-state index in [1.54, 1.807) is 7.05 Å². The molecule has 1 aromatic carbocycles. The Balaban J connectivity index is 0.00000441. The van der Waals surface area contributed by atoms with Crippen molar-refractivity contribution in [3.63, 3.8) is 0 Å². The van der Waals surface area contributed by atoms with Gasteiger partial charge in [0.25, 0.3) is 0 Å². The van der Waals surface area contributed by atoms with Gasteiger partial charge in [-0.3, -0.25) is 4.99 Å². The summed E-state index contributed by atoms with van der Waals surface area (Å²) in [5, 5.41) is 6.66. The summed E-state index contributed by atoms with van der Waals surface area (Å²) in [5.41, 5.74) is 2.63. The molecule has 2 N–H and O–H groups in total. The van der Waals surface area contributed by atoms with Crippen molar-refractivity contribution in [2.75, 3.05) is 39.2 Å². The highest BCUT2D eigenvalue weighted by atomic mass is 127. The first-order valence-electron chi connectivity index (χ1n) is 7.39. The Bertz CT molecular complexity index is 440. The van der Waals surface area contributed by atoms with E-state index < -0.39 is 0 Å². The number of hydrogen-bond donors (Lipinski definition) is 2. The number of nitrogens with one attached hydrogen (secondary N) is 2. The summed E-state index contributed by atoms with van der Waals surface area (Å²) in [7, 11) is 3.95. The van der Waals surface area contributed by atoms with Crippen molar-refractivity contribution in [2.45, 2.75) is 20.0 Å². The van der Waals surface area contributed by atoms with E-state index >= 15 is 0 Å². The number of thioether (sulfide) groups is 1. The molecule has 0 aliphatic carbocycles. The zero-order valence-electron chi connectivity index (χ0n) is 14.1. The molecule has 0 saturated carbocycles. The first-order valence-corrected chi connectivity index (χ1v) is 8.78. The van der Waals surface area contributed by atoms with E-state index in [4.69, 9.17) is 0 Å². The van der Waals surface area contributed by atoms with Crippen LogP contribution in [0.1, 0.15) is 18.1 Å². The van der Waals surface area contributed by atoms with Gasteiger partial charge in [-0.25, -0.2) is 0 Å². The molecular formula is C16H29IN4S. The summed E-state index contributed by atoms with van der Waals surface area (Å²) in [5.74, 6) is 1.94. The number of halogens is 1. The minimum absolute atomic E-state index is 0. The van der Waals surface area contributed by atoms with Crippen LogP contribution in [-0.4, -0.2) is 50.1 Å². The van der Waals surface area contributed by atoms with Crippen LogP contribution in [0.3, 0.4) is 0 Å². The third kappa shape index (κ3) is 8.85. The number of aliphatic imine (C=N–C) groups is 1. The second kappa shape index (κ2) is 13.0. The summed E-state index contributed by atoms with van der Waals surface area (Å²) in [6.45, 7) is 5.96. The van der Waals surface area contributed by atoms with Crippen molar-refractivity contribution in [1.82, 2.24) is 15.5 Å². The van der Waals surface area contributed by atoms with Crippen LogP contribution in [0.15, 0.2) is 29.3 Å². The Morgan fingerprint density at radius 3 is 2.64 bits per heavy atom. The first kappa shape index (κ1) is 21.5. The maximum absolute atomic E-state index is 4.24. The maximum atomic E-state index is 4.24. The molecule has 1 rings (SSSR count). The second-order valence-electron chi connectivity index (χ2n) is 5.00. The zero-order valence-corrected chi connectivity index (χ0v) is 17.2. The minimum atomic E-state index is 0. The van der Waals surface area contributed by atoms with Crippen LogP contribution in [0.5, 0.6) is 0 Å². The van der Waals surface area contributed by atoms with Crippen molar-refractivity contribution in [2.24, 2.45) is 4.99 Å². The van der Waals surface area contributed by atoms with Gasteiger partial charge in [-0.1, -0.05) is 31.2 Å². The number of nitrogens with zero attached hydrogens (tertiary/aromatic N) is 2. The monoisotopic (exact) mass is 436 g/mol. The normalized spacial score (nSPS) is 11.2. The topological polar surface area (TPSA) is 39.7 Å². The highest BCUT2D eigenvalue weighted by Gasteiger charge is 2.01. The Hall–Kier alpha value is -0.470. The molecule has 0 amide bonds. The van der Waals surface area contributed by atoms with Crippen LogP contribution in [0.4, 0.5) is 0 Å². The molecule has 6 heteroatoms.